The highest BCUT2D eigenvalue weighted by Gasteiger charge is 2.29. The molecule has 0 saturated heterocycles. The third kappa shape index (κ3) is 3.36. The van der Waals surface area contributed by atoms with E-state index in [1.807, 2.05) is 25.1 Å². The SMILES string of the molecule is Cc1c(C#CCN)cccc1C(=O)NC(C)C1CC1. The third-order valence-corrected chi connectivity index (χ3v) is 3.59. The van der Waals surface area contributed by atoms with Crippen LogP contribution in [0, 0.1) is 24.7 Å². The van der Waals surface area contributed by atoms with Crippen molar-refractivity contribution in [3.63, 3.8) is 0 Å². The van der Waals surface area contributed by atoms with E-state index in [4.69, 9.17) is 5.73 Å². The molecular formula is C16H20N2O. The number of carbonyl (C=O) groups excluding carboxylic acids is 1. The standard InChI is InChI=1S/C16H20N2O/c1-11-13(6-4-10-17)5-3-7-15(11)16(19)18-12(2)14-8-9-14/h3,5,7,12,14H,8-10,17H2,1-2H3,(H,18,19). The van der Waals surface area contributed by atoms with Crippen molar-refractivity contribution in [2.45, 2.75) is 32.7 Å². The van der Waals surface area contributed by atoms with E-state index in [1.54, 1.807) is 0 Å². The van der Waals surface area contributed by atoms with Gasteiger partial charge in [-0.15, -0.1) is 0 Å². The molecule has 0 aromatic heterocycles. The summed E-state index contributed by atoms with van der Waals surface area (Å²) >= 11 is 0. The highest BCUT2D eigenvalue weighted by molar-refractivity contribution is 5.96. The first-order valence-electron chi connectivity index (χ1n) is 6.73. The van der Waals surface area contributed by atoms with Crippen molar-refractivity contribution in [1.29, 1.82) is 0 Å². The highest BCUT2D eigenvalue weighted by Crippen LogP contribution is 2.32. The Bertz CT molecular complexity index is 535. The second-order valence-corrected chi connectivity index (χ2v) is 5.08. The average Bonchev–Trinajstić information content (AvgIpc) is 3.21. The zero-order valence-electron chi connectivity index (χ0n) is 11.5. The number of benzene rings is 1. The summed E-state index contributed by atoms with van der Waals surface area (Å²) in [5.41, 5.74) is 7.88. The Morgan fingerprint density at radius 1 is 1.53 bits per heavy atom. The summed E-state index contributed by atoms with van der Waals surface area (Å²) in [6.07, 6.45) is 2.45. The summed E-state index contributed by atoms with van der Waals surface area (Å²) in [5, 5.41) is 3.07. The number of amides is 1. The van der Waals surface area contributed by atoms with Gasteiger partial charge in [0.05, 0.1) is 6.54 Å². The quantitative estimate of drug-likeness (QED) is 0.811. The number of nitrogens with one attached hydrogen (secondary N) is 1. The van der Waals surface area contributed by atoms with Crippen molar-refractivity contribution in [2.75, 3.05) is 6.54 Å². The molecule has 3 heteroatoms. The molecule has 0 spiro atoms. The van der Waals surface area contributed by atoms with E-state index >= 15 is 0 Å². The maximum absolute atomic E-state index is 12.3. The van der Waals surface area contributed by atoms with Gasteiger partial charge in [-0.25, -0.2) is 0 Å². The molecule has 2 rings (SSSR count). The minimum Gasteiger partial charge on any atom is -0.349 e. The first-order valence-corrected chi connectivity index (χ1v) is 6.73. The number of hydrogen-bond acceptors (Lipinski definition) is 2. The lowest BCUT2D eigenvalue weighted by Crippen LogP contribution is -2.34. The lowest BCUT2D eigenvalue weighted by Gasteiger charge is -2.14. The van der Waals surface area contributed by atoms with Crippen molar-refractivity contribution in [3.05, 3.63) is 34.9 Å². The molecular weight excluding hydrogens is 236 g/mol. The lowest BCUT2D eigenvalue weighted by atomic mass is 10.0. The molecule has 1 atom stereocenters. The van der Waals surface area contributed by atoms with Crippen LogP contribution in [-0.2, 0) is 0 Å². The largest absolute Gasteiger partial charge is 0.349 e. The number of hydrogen-bond donors (Lipinski definition) is 2. The molecule has 1 amide bonds. The van der Waals surface area contributed by atoms with Crippen LogP contribution in [0.5, 0.6) is 0 Å². The molecule has 1 unspecified atom stereocenters. The third-order valence-electron chi connectivity index (χ3n) is 3.59. The molecule has 1 aliphatic carbocycles. The van der Waals surface area contributed by atoms with Crippen LogP contribution >= 0.6 is 0 Å². The van der Waals surface area contributed by atoms with Gasteiger partial charge < -0.3 is 11.1 Å². The maximum Gasteiger partial charge on any atom is 0.251 e. The monoisotopic (exact) mass is 256 g/mol. The van der Waals surface area contributed by atoms with E-state index in [0.29, 0.717) is 18.0 Å². The normalized spacial score (nSPS) is 15.3. The molecule has 1 aromatic carbocycles. The van der Waals surface area contributed by atoms with Crippen molar-refractivity contribution < 1.29 is 4.79 Å². The Morgan fingerprint density at radius 3 is 2.89 bits per heavy atom. The number of rotatable bonds is 3. The summed E-state index contributed by atoms with van der Waals surface area (Å²) in [4.78, 5) is 12.3. The Hall–Kier alpha value is -1.79. The van der Waals surface area contributed by atoms with Crippen molar-refractivity contribution in [3.8, 4) is 11.8 Å². The summed E-state index contributed by atoms with van der Waals surface area (Å²) in [7, 11) is 0. The Kier molecular flexibility index (Phi) is 4.24. The zero-order valence-corrected chi connectivity index (χ0v) is 11.5. The Morgan fingerprint density at radius 2 is 2.26 bits per heavy atom. The van der Waals surface area contributed by atoms with Crippen LogP contribution in [0.15, 0.2) is 18.2 Å². The fourth-order valence-corrected chi connectivity index (χ4v) is 2.16. The Balaban J connectivity index is 2.16. The van der Waals surface area contributed by atoms with Crippen LogP contribution in [-0.4, -0.2) is 18.5 Å². The molecule has 1 aromatic rings. The average molecular weight is 256 g/mol. The molecule has 0 heterocycles. The van der Waals surface area contributed by atoms with Crippen molar-refractivity contribution in [2.24, 2.45) is 11.7 Å². The smallest absolute Gasteiger partial charge is 0.251 e. The van der Waals surface area contributed by atoms with Crippen LogP contribution in [0.2, 0.25) is 0 Å². The van der Waals surface area contributed by atoms with Gasteiger partial charge in [-0.3, -0.25) is 4.79 Å². The van der Waals surface area contributed by atoms with E-state index in [0.717, 1.165) is 11.1 Å². The molecule has 0 aliphatic heterocycles. The second kappa shape index (κ2) is 5.90. The van der Waals surface area contributed by atoms with Crippen molar-refractivity contribution in [1.82, 2.24) is 5.32 Å². The zero-order chi connectivity index (χ0) is 13.8. The van der Waals surface area contributed by atoms with E-state index in [2.05, 4.69) is 24.1 Å². The molecule has 100 valence electrons. The van der Waals surface area contributed by atoms with E-state index < -0.39 is 0 Å². The lowest BCUT2D eigenvalue weighted by molar-refractivity contribution is 0.0935. The maximum atomic E-state index is 12.3. The van der Waals surface area contributed by atoms with Gasteiger partial charge in [-0.1, -0.05) is 17.9 Å². The summed E-state index contributed by atoms with van der Waals surface area (Å²) < 4.78 is 0. The topological polar surface area (TPSA) is 55.1 Å². The molecule has 19 heavy (non-hydrogen) atoms. The van der Waals surface area contributed by atoms with Crippen LogP contribution < -0.4 is 11.1 Å². The molecule has 3 nitrogen and oxygen atoms in total. The second-order valence-electron chi connectivity index (χ2n) is 5.08. The molecule has 0 radical (unpaired) electrons. The molecule has 3 N–H and O–H groups in total. The molecule has 1 fully saturated rings. The minimum atomic E-state index is -0.00621. The fourth-order valence-electron chi connectivity index (χ4n) is 2.16. The van der Waals surface area contributed by atoms with Gasteiger partial charge in [-0.05, 0) is 50.3 Å². The van der Waals surface area contributed by atoms with Gasteiger partial charge >= 0.3 is 0 Å². The van der Waals surface area contributed by atoms with Crippen molar-refractivity contribution >= 4 is 5.91 Å². The van der Waals surface area contributed by atoms with Crippen LogP contribution in [0.1, 0.15) is 41.3 Å². The van der Waals surface area contributed by atoms with Gasteiger partial charge in [0.2, 0.25) is 0 Å². The van der Waals surface area contributed by atoms with Gasteiger partial charge in [0.25, 0.3) is 5.91 Å². The minimum absolute atomic E-state index is 0.00621. The fraction of sp³-hybridized carbons (Fsp3) is 0.438. The van der Waals surface area contributed by atoms with Gasteiger partial charge in [0.1, 0.15) is 0 Å². The summed E-state index contributed by atoms with van der Waals surface area (Å²) in [6, 6.07) is 5.88. The summed E-state index contributed by atoms with van der Waals surface area (Å²) in [6.45, 7) is 4.33. The van der Waals surface area contributed by atoms with Crippen LogP contribution in [0.25, 0.3) is 0 Å². The predicted octanol–water partition coefficient (Wildman–Crippen LogP) is 1.83. The van der Waals surface area contributed by atoms with Gasteiger partial charge in [0, 0.05) is 17.2 Å². The van der Waals surface area contributed by atoms with E-state index in [-0.39, 0.29) is 11.9 Å². The Labute approximate surface area is 114 Å². The van der Waals surface area contributed by atoms with E-state index in [1.165, 1.54) is 12.8 Å². The van der Waals surface area contributed by atoms with E-state index in [9.17, 15) is 4.79 Å². The first-order chi connectivity index (χ1) is 9.13. The molecule has 1 saturated carbocycles. The van der Waals surface area contributed by atoms with Gasteiger partial charge in [0.15, 0.2) is 0 Å². The number of nitrogens with two attached hydrogens (primary N) is 1. The predicted molar refractivity (Wildman–Crippen MR) is 76.8 cm³/mol. The van der Waals surface area contributed by atoms with Crippen LogP contribution in [0.3, 0.4) is 0 Å². The first kappa shape index (κ1) is 13.6. The number of carbonyl (C=O) groups is 1. The molecule has 1 aliphatic rings. The molecule has 0 bridgehead atoms. The highest BCUT2D eigenvalue weighted by atomic mass is 16.1. The van der Waals surface area contributed by atoms with Crippen LogP contribution in [0.4, 0.5) is 0 Å². The summed E-state index contributed by atoms with van der Waals surface area (Å²) in [5.74, 6) is 6.48. The van der Waals surface area contributed by atoms with Gasteiger partial charge in [-0.2, -0.15) is 0 Å².